The van der Waals surface area contributed by atoms with Crippen molar-refractivity contribution in [3.8, 4) is 0 Å². The standard InChI is InChI=1S/C20H30IN7O2/c1-20(2,3)14-10-26(8-9-27(14)19(29)30)12-4-6-13(7-5-12)28-18-15(16(21)25-28)17(22)23-11-24-18/h11-14H,4-10H2,1-3H3,(H,29,30)(H2,22,23,24). The molecule has 1 atom stereocenters. The fraction of sp³-hybridized carbons (Fsp3) is 0.700. The molecule has 2 aliphatic rings. The molecule has 1 saturated heterocycles. The lowest BCUT2D eigenvalue weighted by molar-refractivity contribution is -0.00306. The van der Waals surface area contributed by atoms with Crippen molar-refractivity contribution in [3.05, 3.63) is 10.0 Å². The van der Waals surface area contributed by atoms with Crippen molar-refractivity contribution in [3.63, 3.8) is 0 Å². The van der Waals surface area contributed by atoms with Crippen molar-refractivity contribution in [1.29, 1.82) is 0 Å². The Morgan fingerprint density at radius 3 is 2.47 bits per heavy atom. The summed E-state index contributed by atoms with van der Waals surface area (Å²) in [5.41, 5.74) is 6.77. The zero-order valence-corrected chi connectivity index (χ0v) is 19.9. The van der Waals surface area contributed by atoms with Crippen molar-refractivity contribution in [2.24, 2.45) is 5.41 Å². The van der Waals surface area contributed by atoms with Gasteiger partial charge in [0.05, 0.1) is 17.5 Å². The minimum atomic E-state index is -0.806. The van der Waals surface area contributed by atoms with Gasteiger partial charge >= 0.3 is 6.09 Å². The molecule has 3 heterocycles. The van der Waals surface area contributed by atoms with Gasteiger partial charge in [0.1, 0.15) is 15.8 Å². The van der Waals surface area contributed by atoms with Gasteiger partial charge in [-0.2, -0.15) is 5.10 Å². The lowest BCUT2D eigenvalue weighted by Crippen LogP contribution is -2.61. The Balaban J connectivity index is 1.45. The number of amides is 1. The fourth-order valence-electron chi connectivity index (χ4n) is 4.98. The van der Waals surface area contributed by atoms with Crippen molar-refractivity contribution < 1.29 is 9.90 Å². The van der Waals surface area contributed by atoms with Crippen LogP contribution in [0.15, 0.2) is 6.33 Å². The number of nitrogens with zero attached hydrogens (tertiary/aromatic N) is 6. The summed E-state index contributed by atoms with van der Waals surface area (Å²) in [4.78, 5) is 24.4. The maximum absolute atomic E-state index is 11.7. The normalized spacial score (nSPS) is 26.3. The molecule has 9 nitrogen and oxygen atoms in total. The van der Waals surface area contributed by atoms with Gasteiger partial charge in [0, 0.05) is 25.7 Å². The number of carboxylic acid groups (broad SMARTS) is 1. The van der Waals surface area contributed by atoms with Crippen LogP contribution < -0.4 is 5.73 Å². The SMILES string of the molecule is CC(C)(C)C1CN(C2CCC(n3nc(I)c4c(N)ncnc43)CC2)CCN1C(=O)O. The van der Waals surface area contributed by atoms with Crippen LogP contribution in [0.5, 0.6) is 0 Å². The third-order valence-corrected chi connectivity index (χ3v) is 7.42. The van der Waals surface area contributed by atoms with E-state index in [-0.39, 0.29) is 11.5 Å². The highest BCUT2D eigenvalue weighted by Gasteiger charge is 2.40. The van der Waals surface area contributed by atoms with Crippen LogP contribution in [0.3, 0.4) is 0 Å². The molecule has 164 valence electrons. The van der Waals surface area contributed by atoms with Crippen LogP contribution in [0, 0.1) is 9.12 Å². The molecule has 1 amide bonds. The molecule has 10 heteroatoms. The molecule has 2 aromatic rings. The summed E-state index contributed by atoms with van der Waals surface area (Å²) in [7, 11) is 0. The summed E-state index contributed by atoms with van der Waals surface area (Å²) in [5.74, 6) is 0.480. The van der Waals surface area contributed by atoms with Gasteiger partial charge in [-0.1, -0.05) is 20.8 Å². The van der Waals surface area contributed by atoms with Crippen molar-refractivity contribution in [2.45, 2.75) is 64.6 Å². The first-order valence-corrected chi connectivity index (χ1v) is 11.6. The average Bonchev–Trinajstić information content (AvgIpc) is 3.05. The highest BCUT2D eigenvalue weighted by atomic mass is 127. The number of nitrogen functional groups attached to an aromatic ring is 1. The fourth-order valence-corrected chi connectivity index (χ4v) is 5.73. The smallest absolute Gasteiger partial charge is 0.407 e. The number of fused-ring (bicyclic) bond motifs is 1. The summed E-state index contributed by atoms with van der Waals surface area (Å²) in [6.45, 7) is 8.58. The van der Waals surface area contributed by atoms with E-state index in [0.29, 0.717) is 24.4 Å². The van der Waals surface area contributed by atoms with Gasteiger partial charge in [0.15, 0.2) is 5.65 Å². The number of piperazine rings is 1. The van der Waals surface area contributed by atoms with Gasteiger partial charge in [0.2, 0.25) is 0 Å². The topological polar surface area (TPSA) is 113 Å². The molecular weight excluding hydrogens is 497 g/mol. The molecule has 1 aliphatic carbocycles. The van der Waals surface area contributed by atoms with E-state index >= 15 is 0 Å². The maximum atomic E-state index is 11.7. The minimum absolute atomic E-state index is 0.0118. The van der Waals surface area contributed by atoms with E-state index < -0.39 is 6.09 Å². The zero-order chi connectivity index (χ0) is 21.6. The van der Waals surface area contributed by atoms with Crippen LogP contribution in [0.2, 0.25) is 0 Å². The molecule has 0 aromatic carbocycles. The molecule has 1 saturated carbocycles. The van der Waals surface area contributed by atoms with Crippen LogP contribution in [0.1, 0.15) is 52.5 Å². The monoisotopic (exact) mass is 527 g/mol. The summed E-state index contributed by atoms with van der Waals surface area (Å²) in [6.07, 6.45) is 4.91. The van der Waals surface area contributed by atoms with E-state index in [2.05, 4.69) is 58.2 Å². The first-order valence-electron chi connectivity index (χ1n) is 10.5. The van der Waals surface area contributed by atoms with Gasteiger partial charge in [0.25, 0.3) is 0 Å². The lowest BCUT2D eigenvalue weighted by Gasteiger charge is -2.49. The zero-order valence-electron chi connectivity index (χ0n) is 17.8. The molecule has 3 N–H and O–H groups in total. The Kier molecular flexibility index (Phi) is 5.82. The number of aromatic nitrogens is 4. The van der Waals surface area contributed by atoms with Crippen molar-refractivity contribution in [1.82, 2.24) is 29.5 Å². The first-order chi connectivity index (χ1) is 14.2. The second-order valence-electron chi connectivity index (χ2n) is 9.51. The predicted molar refractivity (Wildman–Crippen MR) is 123 cm³/mol. The summed E-state index contributed by atoms with van der Waals surface area (Å²) >= 11 is 2.20. The van der Waals surface area contributed by atoms with E-state index in [1.165, 1.54) is 6.33 Å². The maximum Gasteiger partial charge on any atom is 0.407 e. The van der Waals surface area contributed by atoms with Gasteiger partial charge in [-0.25, -0.2) is 19.4 Å². The lowest BCUT2D eigenvalue weighted by atomic mass is 9.82. The van der Waals surface area contributed by atoms with Crippen LogP contribution in [0.25, 0.3) is 11.0 Å². The second kappa shape index (κ2) is 8.10. The Hall–Kier alpha value is -1.69. The molecule has 0 radical (unpaired) electrons. The molecule has 1 unspecified atom stereocenters. The summed E-state index contributed by atoms with van der Waals surface area (Å²) in [5, 5.41) is 15.2. The Morgan fingerprint density at radius 2 is 1.83 bits per heavy atom. The van der Waals surface area contributed by atoms with Gasteiger partial charge in [-0.15, -0.1) is 0 Å². The van der Waals surface area contributed by atoms with Crippen LogP contribution in [-0.4, -0.2) is 72.5 Å². The summed E-state index contributed by atoms with van der Waals surface area (Å²) in [6, 6.07) is 0.806. The van der Waals surface area contributed by atoms with Gasteiger partial charge in [-0.3, -0.25) is 4.90 Å². The highest BCUT2D eigenvalue weighted by molar-refractivity contribution is 14.1. The van der Waals surface area contributed by atoms with Crippen LogP contribution in [0.4, 0.5) is 10.6 Å². The van der Waals surface area contributed by atoms with E-state index in [1.807, 2.05) is 4.68 Å². The van der Waals surface area contributed by atoms with Crippen LogP contribution >= 0.6 is 22.6 Å². The van der Waals surface area contributed by atoms with Gasteiger partial charge < -0.3 is 15.7 Å². The number of rotatable bonds is 2. The second-order valence-corrected chi connectivity index (χ2v) is 10.5. The van der Waals surface area contributed by atoms with E-state index in [9.17, 15) is 9.90 Å². The molecule has 0 bridgehead atoms. The van der Waals surface area contributed by atoms with Crippen molar-refractivity contribution in [2.75, 3.05) is 25.4 Å². The quantitative estimate of drug-likeness (QED) is 0.577. The van der Waals surface area contributed by atoms with E-state index in [1.54, 1.807) is 4.90 Å². The average molecular weight is 527 g/mol. The van der Waals surface area contributed by atoms with E-state index in [4.69, 9.17) is 10.8 Å². The number of halogens is 1. The molecule has 2 fully saturated rings. The van der Waals surface area contributed by atoms with Crippen molar-refractivity contribution >= 4 is 45.5 Å². The number of carbonyl (C=O) groups is 1. The first kappa shape index (κ1) is 21.5. The molecule has 30 heavy (non-hydrogen) atoms. The Morgan fingerprint density at radius 1 is 1.17 bits per heavy atom. The number of hydrogen-bond acceptors (Lipinski definition) is 6. The molecule has 2 aromatic heterocycles. The van der Waals surface area contributed by atoms with Crippen LogP contribution in [-0.2, 0) is 0 Å². The Labute approximate surface area is 190 Å². The third-order valence-electron chi connectivity index (χ3n) is 6.66. The van der Waals surface area contributed by atoms with Gasteiger partial charge in [-0.05, 0) is 53.7 Å². The minimum Gasteiger partial charge on any atom is -0.465 e. The highest BCUT2D eigenvalue weighted by Crippen LogP contribution is 2.36. The number of anilines is 1. The number of hydrogen-bond donors (Lipinski definition) is 2. The molecular formula is C20H30IN7O2. The van der Waals surface area contributed by atoms with E-state index in [0.717, 1.165) is 53.5 Å². The largest absolute Gasteiger partial charge is 0.465 e. The summed E-state index contributed by atoms with van der Waals surface area (Å²) < 4.78 is 2.88. The predicted octanol–water partition coefficient (Wildman–Crippen LogP) is 3.21. The number of nitrogens with two attached hydrogens (primary N) is 1. The third kappa shape index (κ3) is 3.95. The molecule has 0 spiro atoms. The molecule has 4 rings (SSSR count). The Bertz CT molecular complexity index is 933. The molecule has 1 aliphatic heterocycles.